The second kappa shape index (κ2) is 6.80. The lowest BCUT2D eigenvalue weighted by molar-refractivity contribution is -0.132. The molecule has 2 N–H and O–H groups in total. The number of alkyl halides is 3. The van der Waals surface area contributed by atoms with E-state index in [1.54, 1.807) is 0 Å². The molecule has 1 aliphatic carbocycles. The molecule has 0 unspecified atom stereocenters. The van der Waals surface area contributed by atoms with Crippen molar-refractivity contribution in [2.45, 2.75) is 44.3 Å². The first-order valence-electron chi connectivity index (χ1n) is 7.31. The maximum atomic E-state index is 12.0. The molecule has 2 fully saturated rings. The number of nitrogens with zero attached hydrogens (tertiary/aromatic N) is 1. The molecule has 124 valence electrons. The molecule has 5 nitrogen and oxygen atoms in total. The molecule has 0 aromatic carbocycles. The summed E-state index contributed by atoms with van der Waals surface area (Å²) < 4.78 is 63.1. The summed E-state index contributed by atoms with van der Waals surface area (Å²) in [6, 6.07) is 0.635. The molecule has 0 bridgehead atoms. The zero-order valence-corrected chi connectivity index (χ0v) is 12.6. The number of hydrogen-bond donors (Lipinski definition) is 2. The Bertz CT molecular complexity index is 430. The zero-order valence-electron chi connectivity index (χ0n) is 11.8. The van der Waals surface area contributed by atoms with Crippen LogP contribution >= 0.6 is 0 Å². The highest BCUT2D eigenvalue weighted by Crippen LogP contribution is 2.23. The van der Waals surface area contributed by atoms with Crippen molar-refractivity contribution in [3.63, 3.8) is 0 Å². The molecule has 1 saturated heterocycles. The van der Waals surface area contributed by atoms with Gasteiger partial charge in [-0.3, -0.25) is 0 Å². The Labute approximate surface area is 123 Å². The topological polar surface area (TPSA) is 61.4 Å². The quantitative estimate of drug-likeness (QED) is 0.739. The van der Waals surface area contributed by atoms with Crippen LogP contribution in [0.3, 0.4) is 0 Å². The molecule has 9 heteroatoms. The van der Waals surface area contributed by atoms with Gasteiger partial charge in [-0.2, -0.15) is 25.9 Å². The molecular weight excluding hydrogens is 307 g/mol. The first-order valence-corrected chi connectivity index (χ1v) is 8.75. The van der Waals surface area contributed by atoms with E-state index >= 15 is 0 Å². The van der Waals surface area contributed by atoms with Crippen LogP contribution in [0.5, 0.6) is 0 Å². The first kappa shape index (κ1) is 17.0. The number of rotatable bonds is 7. The standard InChI is InChI=1S/C12H22F3N3O2S/c13-12(14,15)5-6-17-21(19,20)18-7-3-10(4-8-18)9-16-11-1-2-11/h10-11,16-17H,1-9H2. The Kier molecular flexibility index (Phi) is 5.50. The lowest BCUT2D eigenvalue weighted by atomic mass is 9.98. The maximum absolute atomic E-state index is 12.0. The number of halogens is 3. The maximum Gasteiger partial charge on any atom is 0.390 e. The smallest absolute Gasteiger partial charge is 0.314 e. The van der Waals surface area contributed by atoms with Crippen LogP contribution < -0.4 is 10.0 Å². The highest BCUT2D eigenvalue weighted by molar-refractivity contribution is 7.87. The second-order valence-electron chi connectivity index (χ2n) is 5.79. The van der Waals surface area contributed by atoms with Crippen LogP contribution in [0.4, 0.5) is 13.2 Å². The molecule has 1 heterocycles. The molecule has 0 radical (unpaired) electrons. The third-order valence-electron chi connectivity index (χ3n) is 3.88. The fourth-order valence-corrected chi connectivity index (χ4v) is 3.62. The predicted octanol–water partition coefficient (Wildman–Crippen LogP) is 1.24. The fourth-order valence-electron chi connectivity index (χ4n) is 2.39. The minimum absolute atomic E-state index is 0.373. The highest BCUT2D eigenvalue weighted by Gasteiger charge is 2.31. The minimum atomic E-state index is -4.34. The largest absolute Gasteiger partial charge is 0.390 e. The van der Waals surface area contributed by atoms with Crippen LogP contribution in [0.2, 0.25) is 0 Å². The molecule has 0 aromatic heterocycles. The summed E-state index contributed by atoms with van der Waals surface area (Å²) in [6.07, 6.45) is -1.55. The molecule has 21 heavy (non-hydrogen) atoms. The van der Waals surface area contributed by atoms with E-state index in [4.69, 9.17) is 0 Å². The van der Waals surface area contributed by atoms with E-state index in [2.05, 4.69) is 5.32 Å². The van der Waals surface area contributed by atoms with E-state index in [1.165, 1.54) is 17.1 Å². The summed E-state index contributed by atoms with van der Waals surface area (Å²) in [4.78, 5) is 0. The summed E-state index contributed by atoms with van der Waals surface area (Å²) in [6.45, 7) is 1.05. The Morgan fingerprint density at radius 3 is 2.24 bits per heavy atom. The third-order valence-corrected chi connectivity index (χ3v) is 5.49. The van der Waals surface area contributed by atoms with Crippen molar-refractivity contribution in [1.29, 1.82) is 0 Å². The zero-order chi connectivity index (χ0) is 15.5. The lowest BCUT2D eigenvalue weighted by Crippen LogP contribution is -2.46. The van der Waals surface area contributed by atoms with Crippen LogP contribution in [-0.4, -0.2) is 51.1 Å². The van der Waals surface area contributed by atoms with Crippen LogP contribution in [-0.2, 0) is 10.2 Å². The Hall–Kier alpha value is -0.380. The average molecular weight is 329 g/mol. The van der Waals surface area contributed by atoms with Crippen molar-refractivity contribution < 1.29 is 21.6 Å². The molecule has 0 spiro atoms. The van der Waals surface area contributed by atoms with Crippen LogP contribution in [0, 0.1) is 5.92 Å². The summed E-state index contributed by atoms with van der Waals surface area (Å²) >= 11 is 0. The monoisotopic (exact) mass is 329 g/mol. The summed E-state index contributed by atoms with van der Waals surface area (Å²) in [7, 11) is -3.79. The van der Waals surface area contributed by atoms with Gasteiger partial charge in [0.1, 0.15) is 0 Å². The fraction of sp³-hybridized carbons (Fsp3) is 1.00. The van der Waals surface area contributed by atoms with E-state index in [9.17, 15) is 21.6 Å². The average Bonchev–Trinajstić information content (AvgIpc) is 3.19. The Morgan fingerprint density at radius 2 is 1.71 bits per heavy atom. The van der Waals surface area contributed by atoms with Crippen molar-refractivity contribution in [2.24, 2.45) is 5.92 Å². The lowest BCUT2D eigenvalue weighted by Gasteiger charge is -2.31. The van der Waals surface area contributed by atoms with Crippen molar-refractivity contribution >= 4 is 10.2 Å². The summed E-state index contributed by atoms with van der Waals surface area (Å²) in [5, 5.41) is 3.42. The van der Waals surface area contributed by atoms with Crippen molar-refractivity contribution in [3.05, 3.63) is 0 Å². The Morgan fingerprint density at radius 1 is 1.10 bits per heavy atom. The van der Waals surface area contributed by atoms with E-state index in [1.807, 2.05) is 4.72 Å². The van der Waals surface area contributed by atoms with Gasteiger partial charge in [0.15, 0.2) is 0 Å². The van der Waals surface area contributed by atoms with E-state index in [0.29, 0.717) is 25.0 Å². The van der Waals surface area contributed by atoms with Crippen molar-refractivity contribution in [3.8, 4) is 0 Å². The van der Waals surface area contributed by atoms with Crippen LogP contribution in [0.1, 0.15) is 32.1 Å². The number of nitrogens with one attached hydrogen (secondary N) is 2. The normalized spacial score (nSPS) is 22.6. The van der Waals surface area contributed by atoms with Gasteiger partial charge in [-0.15, -0.1) is 0 Å². The minimum Gasteiger partial charge on any atom is -0.314 e. The van der Waals surface area contributed by atoms with Gasteiger partial charge in [-0.1, -0.05) is 0 Å². The molecule has 1 saturated carbocycles. The van der Waals surface area contributed by atoms with Crippen LogP contribution in [0.25, 0.3) is 0 Å². The summed E-state index contributed by atoms with van der Waals surface area (Å²) in [5.74, 6) is 0.451. The van der Waals surface area contributed by atoms with Gasteiger partial charge in [0, 0.05) is 25.7 Å². The molecule has 1 aliphatic heterocycles. The van der Waals surface area contributed by atoms with Gasteiger partial charge in [-0.25, -0.2) is 4.72 Å². The third kappa shape index (κ3) is 6.09. The van der Waals surface area contributed by atoms with E-state index in [-0.39, 0.29) is 0 Å². The van der Waals surface area contributed by atoms with Gasteiger partial charge in [0.2, 0.25) is 0 Å². The van der Waals surface area contributed by atoms with E-state index in [0.717, 1.165) is 19.4 Å². The molecule has 0 amide bonds. The van der Waals surface area contributed by atoms with Crippen molar-refractivity contribution in [1.82, 2.24) is 14.3 Å². The molecular formula is C12H22F3N3O2S. The van der Waals surface area contributed by atoms with Gasteiger partial charge < -0.3 is 5.32 Å². The van der Waals surface area contributed by atoms with Gasteiger partial charge in [0.25, 0.3) is 10.2 Å². The predicted molar refractivity (Wildman–Crippen MR) is 72.9 cm³/mol. The van der Waals surface area contributed by atoms with Gasteiger partial charge in [0.05, 0.1) is 6.42 Å². The van der Waals surface area contributed by atoms with Crippen LogP contribution in [0.15, 0.2) is 0 Å². The van der Waals surface area contributed by atoms with E-state index < -0.39 is 29.4 Å². The second-order valence-corrected chi connectivity index (χ2v) is 7.54. The number of piperidine rings is 1. The Balaban J connectivity index is 1.69. The molecule has 0 aromatic rings. The molecule has 2 rings (SSSR count). The number of hydrogen-bond acceptors (Lipinski definition) is 3. The van der Waals surface area contributed by atoms with Gasteiger partial charge in [-0.05, 0) is 38.1 Å². The van der Waals surface area contributed by atoms with Crippen molar-refractivity contribution in [2.75, 3.05) is 26.2 Å². The SMILES string of the molecule is O=S(=O)(NCCC(F)(F)F)N1CCC(CNC2CC2)CC1. The highest BCUT2D eigenvalue weighted by atomic mass is 32.2. The first-order chi connectivity index (χ1) is 9.76. The van der Waals surface area contributed by atoms with Gasteiger partial charge >= 0.3 is 6.18 Å². The summed E-state index contributed by atoms with van der Waals surface area (Å²) in [5.41, 5.74) is 0. The molecule has 2 aliphatic rings. The molecule has 0 atom stereocenters.